The van der Waals surface area contributed by atoms with Crippen LogP contribution in [0.5, 0.6) is 0 Å². The topological polar surface area (TPSA) is 6.48 Å². The summed E-state index contributed by atoms with van der Waals surface area (Å²) in [4.78, 5) is 0. The van der Waals surface area contributed by atoms with E-state index in [9.17, 15) is 0 Å². The normalized spacial score (nSPS) is 32.0. The third kappa shape index (κ3) is 1.81. The zero-order valence-corrected chi connectivity index (χ0v) is 7.65. The second-order valence-electron chi connectivity index (χ2n) is 2.72. The summed E-state index contributed by atoms with van der Waals surface area (Å²) in [7, 11) is 4.49. The molecular weight excluding hydrogens is 144 g/mol. The van der Waals surface area contributed by atoms with E-state index in [2.05, 4.69) is 29.4 Å². The molecule has 0 spiro atoms. The van der Waals surface area contributed by atoms with E-state index in [1.54, 1.807) is 0 Å². The van der Waals surface area contributed by atoms with E-state index < -0.39 is 0 Å². The maximum Gasteiger partial charge on any atom is 0.0139 e. The largest absolute Gasteiger partial charge is 0.236 e. The Morgan fingerprint density at radius 2 is 2.00 bits per heavy atom. The summed E-state index contributed by atoms with van der Waals surface area (Å²) < 4.78 is 2.26. The minimum absolute atomic E-state index is 0.227. The first-order valence-corrected chi connectivity index (χ1v) is 5.19. The second kappa shape index (κ2) is 3.51. The van der Waals surface area contributed by atoms with Crippen LogP contribution in [0, 0.1) is 0 Å². The Labute approximate surface area is 65.8 Å². The number of nitrogens with zero attached hydrogens (tertiary/aromatic N) is 2. The van der Waals surface area contributed by atoms with Crippen LogP contribution < -0.4 is 0 Å². The first-order valence-electron chi connectivity index (χ1n) is 3.67. The molecule has 60 valence electrons. The van der Waals surface area contributed by atoms with Crippen molar-refractivity contribution in [2.24, 2.45) is 0 Å². The predicted octanol–water partition coefficient (Wildman–Crippen LogP) is 1.17. The average molecular weight is 160 g/mol. The molecule has 1 saturated heterocycles. The summed E-state index contributed by atoms with van der Waals surface area (Å²) in [6.07, 6.45) is 2.65. The lowest BCUT2D eigenvalue weighted by molar-refractivity contribution is 0.138. The van der Waals surface area contributed by atoms with Gasteiger partial charge in [-0.15, -0.1) is 10.7 Å². The van der Waals surface area contributed by atoms with Gasteiger partial charge in [0.05, 0.1) is 0 Å². The fraction of sp³-hybridized carbons (Fsp3) is 0.857. The maximum atomic E-state index is 4.10. The molecule has 1 aliphatic heterocycles. The molecule has 1 atom stereocenters. The fourth-order valence-electron chi connectivity index (χ4n) is 1.08. The van der Waals surface area contributed by atoms with Gasteiger partial charge in [-0.1, -0.05) is 5.87 Å². The molecule has 10 heavy (non-hydrogen) atoms. The quantitative estimate of drug-likeness (QED) is 0.491. The molecule has 0 bridgehead atoms. The monoisotopic (exact) mass is 160 g/mol. The fourth-order valence-corrected chi connectivity index (χ4v) is 2.36. The SMILES string of the molecule is C=S1CCCCN(C)N1C. The summed E-state index contributed by atoms with van der Waals surface area (Å²) in [5, 5.41) is 2.27. The molecule has 1 heterocycles. The lowest BCUT2D eigenvalue weighted by atomic mass is 10.3. The van der Waals surface area contributed by atoms with Crippen molar-refractivity contribution in [1.29, 1.82) is 0 Å². The number of hydrazine groups is 1. The Balaban J connectivity index is 2.55. The van der Waals surface area contributed by atoms with E-state index in [1.165, 1.54) is 25.1 Å². The molecule has 0 N–H and O–H groups in total. The van der Waals surface area contributed by atoms with Gasteiger partial charge in [0.15, 0.2) is 0 Å². The van der Waals surface area contributed by atoms with Crippen LogP contribution in [0.3, 0.4) is 0 Å². The molecule has 1 unspecified atom stereocenters. The average Bonchev–Trinajstić information content (AvgIpc) is 2.04. The van der Waals surface area contributed by atoms with E-state index in [-0.39, 0.29) is 10.7 Å². The summed E-state index contributed by atoms with van der Waals surface area (Å²) in [5.41, 5.74) is 0. The Morgan fingerprint density at radius 3 is 2.70 bits per heavy atom. The van der Waals surface area contributed by atoms with Crippen LogP contribution in [0.4, 0.5) is 0 Å². The van der Waals surface area contributed by atoms with Gasteiger partial charge in [-0.2, -0.15) is 4.41 Å². The molecule has 0 aromatic carbocycles. The second-order valence-corrected chi connectivity index (χ2v) is 4.58. The Hall–Kier alpha value is 0.140. The van der Waals surface area contributed by atoms with Gasteiger partial charge in [0.2, 0.25) is 0 Å². The molecule has 0 aromatic heterocycles. The van der Waals surface area contributed by atoms with Crippen LogP contribution in [-0.2, 0) is 0 Å². The van der Waals surface area contributed by atoms with Crippen LogP contribution in [-0.4, -0.2) is 41.7 Å². The molecule has 0 aromatic rings. The minimum atomic E-state index is 0.227. The van der Waals surface area contributed by atoms with Gasteiger partial charge in [-0.25, -0.2) is 5.01 Å². The molecule has 1 rings (SSSR count). The molecular formula is C7H16N2S. The van der Waals surface area contributed by atoms with E-state index in [0.717, 1.165) is 0 Å². The molecule has 3 heteroatoms. The highest BCUT2D eigenvalue weighted by atomic mass is 32.2. The Morgan fingerprint density at radius 1 is 1.30 bits per heavy atom. The lowest BCUT2D eigenvalue weighted by Gasteiger charge is -2.27. The van der Waals surface area contributed by atoms with Crippen molar-refractivity contribution in [2.45, 2.75) is 12.8 Å². The van der Waals surface area contributed by atoms with Gasteiger partial charge in [0.25, 0.3) is 0 Å². The van der Waals surface area contributed by atoms with E-state index in [0.29, 0.717) is 0 Å². The van der Waals surface area contributed by atoms with Crippen LogP contribution in [0.1, 0.15) is 12.8 Å². The van der Waals surface area contributed by atoms with Crippen molar-refractivity contribution in [3.63, 3.8) is 0 Å². The number of rotatable bonds is 0. The third-order valence-corrected chi connectivity index (χ3v) is 3.75. The molecule has 0 aliphatic carbocycles. The van der Waals surface area contributed by atoms with Gasteiger partial charge in [-0.05, 0) is 12.8 Å². The molecule has 0 amide bonds. The summed E-state index contributed by atoms with van der Waals surface area (Å²) >= 11 is 0. The molecule has 2 nitrogen and oxygen atoms in total. The third-order valence-electron chi connectivity index (χ3n) is 1.97. The van der Waals surface area contributed by atoms with Gasteiger partial charge in [0.1, 0.15) is 0 Å². The molecule has 0 saturated carbocycles. The van der Waals surface area contributed by atoms with Gasteiger partial charge >= 0.3 is 0 Å². The summed E-state index contributed by atoms with van der Waals surface area (Å²) in [6.45, 7) is 1.19. The summed E-state index contributed by atoms with van der Waals surface area (Å²) in [5.74, 6) is 5.37. The standard InChI is InChI=1S/C7H16N2S/c1-8-6-4-5-7-10(3)9(8)2/h3-7H2,1-2H3. The van der Waals surface area contributed by atoms with Crippen molar-refractivity contribution in [3.05, 3.63) is 0 Å². The highest BCUT2D eigenvalue weighted by Gasteiger charge is 2.11. The van der Waals surface area contributed by atoms with Crippen molar-refractivity contribution < 1.29 is 0 Å². The zero-order chi connectivity index (χ0) is 7.56. The van der Waals surface area contributed by atoms with Gasteiger partial charge in [0, 0.05) is 26.4 Å². The van der Waals surface area contributed by atoms with Crippen molar-refractivity contribution in [1.82, 2.24) is 9.42 Å². The van der Waals surface area contributed by atoms with E-state index >= 15 is 0 Å². The number of hydrogen-bond acceptors (Lipinski definition) is 2. The zero-order valence-electron chi connectivity index (χ0n) is 6.84. The predicted molar refractivity (Wildman–Crippen MR) is 49.2 cm³/mol. The van der Waals surface area contributed by atoms with Crippen molar-refractivity contribution >= 4 is 16.5 Å². The van der Waals surface area contributed by atoms with Crippen LogP contribution in [0.25, 0.3) is 0 Å². The molecule has 1 aliphatic rings. The van der Waals surface area contributed by atoms with E-state index in [1.807, 2.05) is 0 Å². The van der Waals surface area contributed by atoms with Crippen LogP contribution >= 0.6 is 10.7 Å². The van der Waals surface area contributed by atoms with Crippen molar-refractivity contribution in [2.75, 3.05) is 26.4 Å². The van der Waals surface area contributed by atoms with Crippen LogP contribution in [0.2, 0.25) is 0 Å². The van der Waals surface area contributed by atoms with Gasteiger partial charge in [-0.3, -0.25) is 0 Å². The van der Waals surface area contributed by atoms with Gasteiger partial charge < -0.3 is 0 Å². The van der Waals surface area contributed by atoms with Crippen molar-refractivity contribution in [3.8, 4) is 0 Å². The summed E-state index contributed by atoms with van der Waals surface area (Å²) in [6, 6.07) is 0. The Bertz CT molecular complexity index is 136. The lowest BCUT2D eigenvalue weighted by Crippen LogP contribution is -2.31. The minimum Gasteiger partial charge on any atom is -0.236 e. The Kier molecular flexibility index (Phi) is 2.89. The van der Waals surface area contributed by atoms with E-state index in [4.69, 9.17) is 0 Å². The molecule has 0 radical (unpaired) electrons. The highest BCUT2D eigenvalue weighted by Crippen LogP contribution is 2.21. The first-order chi connectivity index (χ1) is 4.72. The van der Waals surface area contributed by atoms with Crippen LogP contribution in [0.15, 0.2) is 0 Å². The number of hydrogen-bond donors (Lipinski definition) is 0. The molecule has 1 fully saturated rings. The maximum absolute atomic E-state index is 4.10. The highest BCUT2D eigenvalue weighted by molar-refractivity contribution is 8.11. The first kappa shape index (κ1) is 8.24. The smallest absolute Gasteiger partial charge is 0.0139 e.